The second-order valence-electron chi connectivity index (χ2n) is 6.79. The van der Waals surface area contributed by atoms with Crippen molar-refractivity contribution in [3.8, 4) is 0 Å². The molecule has 3 nitrogen and oxygen atoms in total. The summed E-state index contributed by atoms with van der Waals surface area (Å²) < 4.78 is 17.7. The highest BCUT2D eigenvalue weighted by Crippen LogP contribution is 2.36. The zero-order valence-corrected chi connectivity index (χ0v) is 15.5. The number of methoxy groups -OCH3 is 1. The molecule has 2 saturated heterocycles. The molecule has 1 aromatic rings. The van der Waals surface area contributed by atoms with E-state index in [0.29, 0.717) is 18.4 Å². The lowest BCUT2D eigenvalue weighted by molar-refractivity contribution is -0.00905. The summed E-state index contributed by atoms with van der Waals surface area (Å²) in [4.78, 5) is 1.30. The molecule has 2 fully saturated rings. The molecule has 0 aromatic heterocycles. The van der Waals surface area contributed by atoms with Gasteiger partial charge in [-0.3, -0.25) is 0 Å². The SMILES string of the molecule is C=C1[C@H](C)CCO[C@@H]1C[C@@H]1OC[C@H](OC)[C@H]1CSc1ccccc1. The fourth-order valence-electron chi connectivity index (χ4n) is 3.54. The fraction of sp³-hybridized carbons (Fsp3) is 0.600. The van der Waals surface area contributed by atoms with Crippen LogP contribution in [0, 0.1) is 11.8 Å². The van der Waals surface area contributed by atoms with Gasteiger partial charge in [0.25, 0.3) is 0 Å². The van der Waals surface area contributed by atoms with Crippen molar-refractivity contribution in [2.45, 2.75) is 43.0 Å². The molecule has 5 atom stereocenters. The molecule has 2 heterocycles. The molecule has 0 saturated carbocycles. The average Bonchev–Trinajstić information content (AvgIpc) is 3.00. The Morgan fingerprint density at radius 3 is 2.79 bits per heavy atom. The summed E-state index contributed by atoms with van der Waals surface area (Å²) in [7, 11) is 1.79. The van der Waals surface area contributed by atoms with Crippen molar-refractivity contribution in [1.29, 1.82) is 0 Å². The van der Waals surface area contributed by atoms with E-state index in [0.717, 1.165) is 25.2 Å². The number of ether oxygens (including phenoxy) is 3. The van der Waals surface area contributed by atoms with Gasteiger partial charge in [-0.2, -0.15) is 0 Å². The maximum Gasteiger partial charge on any atom is 0.0865 e. The Balaban J connectivity index is 1.61. The van der Waals surface area contributed by atoms with E-state index in [4.69, 9.17) is 14.2 Å². The van der Waals surface area contributed by atoms with Crippen molar-refractivity contribution < 1.29 is 14.2 Å². The van der Waals surface area contributed by atoms with Crippen LogP contribution >= 0.6 is 11.8 Å². The van der Waals surface area contributed by atoms with Crippen LogP contribution in [0.15, 0.2) is 47.4 Å². The minimum Gasteiger partial charge on any atom is -0.379 e. The van der Waals surface area contributed by atoms with Crippen LogP contribution < -0.4 is 0 Å². The molecule has 0 aliphatic carbocycles. The molecule has 1 aromatic carbocycles. The Bertz CT molecular complexity index is 533. The van der Waals surface area contributed by atoms with Crippen LogP contribution in [0.3, 0.4) is 0 Å². The smallest absolute Gasteiger partial charge is 0.0865 e. The number of hydrogen-bond acceptors (Lipinski definition) is 4. The zero-order valence-electron chi connectivity index (χ0n) is 14.6. The van der Waals surface area contributed by atoms with E-state index < -0.39 is 0 Å². The highest BCUT2D eigenvalue weighted by atomic mass is 32.2. The summed E-state index contributed by atoms with van der Waals surface area (Å²) >= 11 is 1.88. The summed E-state index contributed by atoms with van der Waals surface area (Å²) in [5.41, 5.74) is 1.22. The van der Waals surface area contributed by atoms with Gasteiger partial charge in [-0.25, -0.2) is 0 Å². The van der Waals surface area contributed by atoms with Crippen LogP contribution in [0.4, 0.5) is 0 Å². The first-order valence-corrected chi connectivity index (χ1v) is 9.80. The normalized spacial score (nSPS) is 33.8. The summed E-state index contributed by atoms with van der Waals surface area (Å²) in [6.07, 6.45) is 2.44. The molecule has 2 aliphatic rings. The Hall–Kier alpha value is -0.810. The van der Waals surface area contributed by atoms with Crippen LogP contribution in [0.2, 0.25) is 0 Å². The van der Waals surface area contributed by atoms with Crippen molar-refractivity contribution >= 4 is 11.8 Å². The van der Waals surface area contributed by atoms with Gasteiger partial charge in [0.15, 0.2) is 0 Å². The van der Waals surface area contributed by atoms with Crippen LogP contribution in [0.1, 0.15) is 19.8 Å². The van der Waals surface area contributed by atoms with Crippen molar-refractivity contribution in [2.24, 2.45) is 11.8 Å². The van der Waals surface area contributed by atoms with Gasteiger partial charge in [0.2, 0.25) is 0 Å². The van der Waals surface area contributed by atoms with Gasteiger partial charge in [0.1, 0.15) is 0 Å². The highest BCUT2D eigenvalue weighted by Gasteiger charge is 2.40. The number of rotatable bonds is 6. The lowest BCUT2D eigenvalue weighted by atomic mass is 9.87. The Labute approximate surface area is 149 Å². The predicted molar refractivity (Wildman–Crippen MR) is 98.5 cm³/mol. The van der Waals surface area contributed by atoms with Crippen molar-refractivity contribution in [2.75, 3.05) is 26.1 Å². The van der Waals surface area contributed by atoms with Crippen LogP contribution in [-0.2, 0) is 14.2 Å². The fourth-order valence-corrected chi connectivity index (χ4v) is 4.71. The lowest BCUT2D eigenvalue weighted by Gasteiger charge is -2.33. The summed E-state index contributed by atoms with van der Waals surface area (Å²) in [5, 5.41) is 0. The van der Waals surface area contributed by atoms with Crippen molar-refractivity contribution in [3.05, 3.63) is 42.5 Å². The Morgan fingerprint density at radius 2 is 2.04 bits per heavy atom. The first kappa shape index (κ1) is 18.0. The summed E-state index contributed by atoms with van der Waals surface area (Å²) in [5.74, 6) is 1.93. The van der Waals surface area contributed by atoms with Gasteiger partial charge in [0.05, 0.1) is 24.9 Å². The van der Waals surface area contributed by atoms with Crippen LogP contribution in [0.25, 0.3) is 0 Å². The highest BCUT2D eigenvalue weighted by molar-refractivity contribution is 7.99. The third kappa shape index (κ3) is 4.23. The molecule has 0 radical (unpaired) electrons. The molecule has 2 aliphatic heterocycles. The Kier molecular flexibility index (Phi) is 6.39. The second-order valence-corrected chi connectivity index (χ2v) is 7.89. The second kappa shape index (κ2) is 8.52. The standard InChI is InChI=1S/C20H28O3S/c1-14-9-10-22-18(15(14)2)11-19-17(20(21-3)12-23-19)13-24-16-7-5-4-6-8-16/h4-8,14,17-20H,2,9-13H2,1,3H3/t14-,17+,18-,19+,20+/m1/s1. The molecule has 3 rings (SSSR count). The number of thioether (sulfide) groups is 1. The van der Waals surface area contributed by atoms with Gasteiger partial charge < -0.3 is 14.2 Å². The van der Waals surface area contributed by atoms with Crippen molar-refractivity contribution in [1.82, 2.24) is 0 Å². The molecule has 0 N–H and O–H groups in total. The van der Waals surface area contributed by atoms with E-state index in [1.165, 1.54) is 10.5 Å². The molecule has 132 valence electrons. The van der Waals surface area contributed by atoms with Gasteiger partial charge in [-0.05, 0) is 30.0 Å². The number of hydrogen-bond donors (Lipinski definition) is 0. The first-order chi connectivity index (χ1) is 11.7. The van der Waals surface area contributed by atoms with Gasteiger partial charge in [-0.1, -0.05) is 31.7 Å². The van der Waals surface area contributed by atoms with E-state index >= 15 is 0 Å². The molecule has 0 amide bonds. The zero-order chi connectivity index (χ0) is 16.9. The van der Waals surface area contributed by atoms with Gasteiger partial charge >= 0.3 is 0 Å². The quantitative estimate of drug-likeness (QED) is 0.569. The summed E-state index contributed by atoms with van der Waals surface area (Å²) in [6.45, 7) is 8.01. The van der Waals surface area contributed by atoms with Crippen molar-refractivity contribution in [3.63, 3.8) is 0 Å². The third-order valence-electron chi connectivity index (χ3n) is 5.28. The number of benzene rings is 1. The monoisotopic (exact) mass is 348 g/mol. The van der Waals surface area contributed by atoms with Gasteiger partial charge in [-0.15, -0.1) is 11.8 Å². The molecular weight excluding hydrogens is 320 g/mol. The maximum atomic E-state index is 6.08. The molecule has 4 heteroatoms. The van der Waals surface area contributed by atoms with E-state index in [-0.39, 0.29) is 18.3 Å². The first-order valence-electron chi connectivity index (χ1n) is 8.81. The largest absolute Gasteiger partial charge is 0.379 e. The minimum absolute atomic E-state index is 0.124. The molecule has 0 bridgehead atoms. The molecule has 0 spiro atoms. The van der Waals surface area contributed by atoms with E-state index in [2.05, 4.69) is 43.8 Å². The third-order valence-corrected chi connectivity index (χ3v) is 6.44. The molecule has 24 heavy (non-hydrogen) atoms. The molecular formula is C20H28O3S. The maximum absolute atomic E-state index is 6.08. The van der Waals surface area contributed by atoms with Crippen LogP contribution in [0.5, 0.6) is 0 Å². The summed E-state index contributed by atoms with van der Waals surface area (Å²) in [6, 6.07) is 10.5. The predicted octanol–water partition coefficient (Wildman–Crippen LogP) is 4.18. The lowest BCUT2D eigenvalue weighted by Crippen LogP contribution is -2.35. The van der Waals surface area contributed by atoms with Crippen LogP contribution in [-0.4, -0.2) is 44.4 Å². The topological polar surface area (TPSA) is 27.7 Å². The average molecular weight is 349 g/mol. The Morgan fingerprint density at radius 1 is 1.25 bits per heavy atom. The van der Waals surface area contributed by atoms with Gasteiger partial charge in [0, 0.05) is 36.7 Å². The van der Waals surface area contributed by atoms with E-state index in [1.807, 2.05) is 11.8 Å². The molecule has 0 unspecified atom stereocenters. The van der Waals surface area contributed by atoms with E-state index in [1.54, 1.807) is 7.11 Å². The van der Waals surface area contributed by atoms with E-state index in [9.17, 15) is 0 Å². The minimum atomic E-state index is 0.124.